The number of nitrogens with zero attached hydrogens (tertiary/aromatic N) is 1. The van der Waals surface area contributed by atoms with Gasteiger partial charge in [-0.15, -0.1) is 0 Å². The summed E-state index contributed by atoms with van der Waals surface area (Å²) in [7, 11) is 0. The molecule has 0 saturated heterocycles. The Labute approximate surface area is 160 Å². The van der Waals surface area contributed by atoms with E-state index in [1.807, 2.05) is 42.5 Å². The van der Waals surface area contributed by atoms with Crippen LogP contribution in [-0.2, 0) is 6.42 Å². The van der Waals surface area contributed by atoms with Gasteiger partial charge in [0.1, 0.15) is 0 Å². The Morgan fingerprint density at radius 1 is 1.00 bits per heavy atom. The van der Waals surface area contributed by atoms with Crippen molar-refractivity contribution < 1.29 is 4.79 Å². The van der Waals surface area contributed by atoms with Crippen molar-refractivity contribution in [3.63, 3.8) is 0 Å². The molecule has 0 saturated carbocycles. The summed E-state index contributed by atoms with van der Waals surface area (Å²) in [5, 5.41) is 6.37. The molecule has 1 amide bonds. The molecule has 1 heterocycles. The van der Waals surface area contributed by atoms with Crippen molar-refractivity contribution in [2.24, 2.45) is 0 Å². The summed E-state index contributed by atoms with van der Waals surface area (Å²) in [4.78, 5) is 16.6. The molecule has 4 nitrogen and oxygen atoms in total. The lowest BCUT2D eigenvalue weighted by Gasteiger charge is -2.16. The van der Waals surface area contributed by atoms with Crippen LogP contribution in [0.2, 0.25) is 0 Å². The molecule has 27 heavy (non-hydrogen) atoms. The summed E-state index contributed by atoms with van der Waals surface area (Å²) < 4.78 is 0. The highest BCUT2D eigenvalue weighted by Gasteiger charge is 2.09. The molecule has 2 N–H and O–H groups in total. The molecular weight excluding hydrogens is 334 g/mol. The molecule has 3 aromatic rings. The van der Waals surface area contributed by atoms with Gasteiger partial charge in [0.25, 0.3) is 5.91 Å². The average molecular weight is 359 g/mol. The van der Waals surface area contributed by atoms with E-state index in [-0.39, 0.29) is 11.9 Å². The Morgan fingerprint density at radius 3 is 2.44 bits per heavy atom. The van der Waals surface area contributed by atoms with E-state index in [0.717, 1.165) is 18.5 Å². The summed E-state index contributed by atoms with van der Waals surface area (Å²) in [5.41, 5.74) is 3.88. The molecule has 4 heteroatoms. The molecule has 3 rings (SSSR count). The van der Waals surface area contributed by atoms with Crippen LogP contribution < -0.4 is 10.6 Å². The highest BCUT2D eigenvalue weighted by atomic mass is 16.1. The van der Waals surface area contributed by atoms with Crippen molar-refractivity contribution in [1.29, 1.82) is 0 Å². The monoisotopic (exact) mass is 359 g/mol. The molecule has 0 spiro atoms. The van der Waals surface area contributed by atoms with Gasteiger partial charge in [0.15, 0.2) is 0 Å². The standard InChI is InChI=1S/C23H25N3O/c1-18(20-12-6-3-7-13-20)26-22-15-21(16-24-17-22)23(27)25-14-8-11-19-9-4-2-5-10-19/h2-7,9-10,12-13,15-18,26H,8,11,14H2,1H3,(H,25,27). The fraction of sp³-hybridized carbons (Fsp3) is 0.217. The summed E-state index contributed by atoms with van der Waals surface area (Å²) >= 11 is 0. The normalized spacial score (nSPS) is 11.6. The molecule has 2 aromatic carbocycles. The zero-order valence-electron chi connectivity index (χ0n) is 15.6. The second kappa shape index (κ2) is 9.53. The maximum absolute atomic E-state index is 12.4. The van der Waals surface area contributed by atoms with Crippen molar-refractivity contribution in [3.8, 4) is 0 Å². The van der Waals surface area contributed by atoms with Crippen molar-refractivity contribution >= 4 is 11.6 Å². The molecule has 0 fully saturated rings. The van der Waals surface area contributed by atoms with Crippen LogP contribution >= 0.6 is 0 Å². The lowest BCUT2D eigenvalue weighted by molar-refractivity contribution is 0.0953. The third kappa shape index (κ3) is 5.68. The lowest BCUT2D eigenvalue weighted by Crippen LogP contribution is -2.25. The van der Waals surface area contributed by atoms with E-state index in [9.17, 15) is 4.79 Å². The molecule has 0 aliphatic heterocycles. The van der Waals surface area contributed by atoms with E-state index in [1.165, 1.54) is 11.1 Å². The minimum atomic E-state index is -0.0911. The SMILES string of the molecule is CC(Nc1cncc(C(=O)NCCCc2ccccc2)c1)c1ccccc1. The van der Waals surface area contributed by atoms with Gasteiger partial charge >= 0.3 is 0 Å². The Hall–Kier alpha value is -3.14. The van der Waals surface area contributed by atoms with Gasteiger partial charge in [-0.2, -0.15) is 0 Å². The Bertz CT molecular complexity index is 850. The molecule has 0 radical (unpaired) electrons. The second-order valence-corrected chi connectivity index (χ2v) is 6.58. The smallest absolute Gasteiger partial charge is 0.252 e. The first-order valence-electron chi connectivity index (χ1n) is 9.31. The van der Waals surface area contributed by atoms with E-state index >= 15 is 0 Å². The van der Waals surface area contributed by atoms with Gasteiger partial charge in [0.2, 0.25) is 0 Å². The predicted molar refractivity (Wildman–Crippen MR) is 110 cm³/mol. The number of aromatic nitrogens is 1. The number of rotatable bonds is 8. The maximum Gasteiger partial charge on any atom is 0.252 e. The summed E-state index contributed by atoms with van der Waals surface area (Å²) in [6.07, 6.45) is 5.21. The Balaban J connectivity index is 1.51. The maximum atomic E-state index is 12.4. The summed E-state index contributed by atoms with van der Waals surface area (Å²) in [6, 6.07) is 22.5. The predicted octanol–water partition coefficient (Wildman–Crippen LogP) is 4.62. The molecule has 138 valence electrons. The van der Waals surface area contributed by atoms with Crippen molar-refractivity contribution in [1.82, 2.24) is 10.3 Å². The number of aryl methyl sites for hydroxylation is 1. The van der Waals surface area contributed by atoms with Gasteiger partial charge in [0, 0.05) is 25.0 Å². The van der Waals surface area contributed by atoms with E-state index in [2.05, 4.69) is 46.8 Å². The number of anilines is 1. The minimum absolute atomic E-state index is 0.0911. The Morgan fingerprint density at radius 2 is 1.70 bits per heavy atom. The highest BCUT2D eigenvalue weighted by Crippen LogP contribution is 2.19. The number of amides is 1. The lowest BCUT2D eigenvalue weighted by atomic mass is 10.1. The topological polar surface area (TPSA) is 54.0 Å². The quantitative estimate of drug-likeness (QED) is 0.577. The van der Waals surface area contributed by atoms with Crippen LogP contribution in [-0.4, -0.2) is 17.4 Å². The van der Waals surface area contributed by atoms with Crippen molar-refractivity contribution in [2.75, 3.05) is 11.9 Å². The van der Waals surface area contributed by atoms with Crippen LogP contribution in [0.15, 0.2) is 79.1 Å². The molecule has 0 bridgehead atoms. The Kier molecular flexibility index (Phi) is 6.58. The number of carbonyl (C=O) groups is 1. The van der Waals surface area contributed by atoms with Gasteiger partial charge < -0.3 is 10.6 Å². The van der Waals surface area contributed by atoms with Crippen LogP contribution in [0.3, 0.4) is 0 Å². The molecule has 1 aromatic heterocycles. The van der Waals surface area contributed by atoms with Crippen molar-refractivity contribution in [2.45, 2.75) is 25.8 Å². The molecule has 1 unspecified atom stereocenters. The third-order valence-electron chi connectivity index (χ3n) is 4.45. The molecular formula is C23H25N3O. The summed E-state index contributed by atoms with van der Waals surface area (Å²) in [6.45, 7) is 2.73. The van der Waals surface area contributed by atoms with Crippen LogP contribution in [0.1, 0.15) is 40.9 Å². The minimum Gasteiger partial charge on any atom is -0.377 e. The fourth-order valence-corrected chi connectivity index (χ4v) is 2.96. The van der Waals surface area contributed by atoms with E-state index in [0.29, 0.717) is 12.1 Å². The van der Waals surface area contributed by atoms with Gasteiger partial charge in [-0.3, -0.25) is 9.78 Å². The first kappa shape index (κ1) is 18.6. The number of hydrogen-bond acceptors (Lipinski definition) is 3. The highest BCUT2D eigenvalue weighted by molar-refractivity contribution is 5.94. The molecule has 0 aliphatic carbocycles. The largest absolute Gasteiger partial charge is 0.377 e. The van der Waals surface area contributed by atoms with Gasteiger partial charge in [-0.05, 0) is 37.0 Å². The van der Waals surface area contributed by atoms with Gasteiger partial charge in [0.05, 0.1) is 11.3 Å². The zero-order chi connectivity index (χ0) is 18.9. The number of hydrogen-bond donors (Lipinski definition) is 2. The molecule has 0 aliphatic rings. The van der Waals surface area contributed by atoms with E-state index in [1.54, 1.807) is 12.4 Å². The van der Waals surface area contributed by atoms with Crippen LogP contribution in [0.25, 0.3) is 0 Å². The van der Waals surface area contributed by atoms with Crippen molar-refractivity contribution in [3.05, 3.63) is 95.8 Å². The fourth-order valence-electron chi connectivity index (χ4n) is 2.96. The number of benzene rings is 2. The summed E-state index contributed by atoms with van der Waals surface area (Å²) in [5.74, 6) is -0.0911. The van der Waals surface area contributed by atoms with E-state index < -0.39 is 0 Å². The number of pyridine rings is 1. The van der Waals surface area contributed by atoms with Crippen LogP contribution in [0.4, 0.5) is 5.69 Å². The van der Waals surface area contributed by atoms with Gasteiger partial charge in [-0.1, -0.05) is 60.7 Å². The van der Waals surface area contributed by atoms with Crippen LogP contribution in [0, 0.1) is 0 Å². The zero-order valence-corrected chi connectivity index (χ0v) is 15.6. The van der Waals surface area contributed by atoms with E-state index in [4.69, 9.17) is 0 Å². The first-order valence-corrected chi connectivity index (χ1v) is 9.31. The van der Waals surface area contributed by atoms with Gasteiger partial charge in [-0.25, -0.2) is 0 Å². The number of nitrogens with one attached hydrogen (secondary N) is 2. The third-order valence-corrected chi connectivity index (χ3v) is 4.45. The van der Waals surface area contributed by atoms with Crippen LogP contribution in [0.5, 0.6) is 0 Å². The molecule has 1 atom stereocenters. The second-order valence-electron chi connectivity index (χ2n) is 6.58. The first-order chi connectivity index (χ1) is 13.2. The number of carbonyl (C=O) groups excluding carboxylic acids is 1. The average Bonchev–Trinajstić information content (AvgIpc) is 2.72.